The van der Waals surface area contributed by atoms with E-state index < -0.39 is 0 Å². The van der Waals surface area contributed by atoms with Gasteiger partial charge in [0.2, 0.25) is 0 Å². The molecule has 0 aliphatic heterocycles. The summed E-state index contributed by atoms with van der Waals surface area (Å²) in [5, 5.41) is 0. The van der Waals surface area contributed by atoms with Crippen molar-refractivity contribution in [2.75, 3.05) is 0 Å². The zero-order valence-corrected chi connectivity index (χ0v) is 7.29. The quantitative estimate of drug-likeness (QED) is 0.691. The third-order valence-electron chi connectivity index (χ3n) is 1.90. The zero-order valence-electron chi connectivity index (χ0n) is 7.29. The van der Waals surface area contributed by atoms with Gasteiger partial charge in [-0.1, -0.05) is 30.3 Å². The topological polar surface area (TPSA) is 44.7 Å². The lowest BCUT2D eigenvalue weighted by molar-refractivity contribution is -0.402. The lowest BCUT2D eigenvalue weighted by atomic mass is 10.0. The maximum absolute atomic E-state index is 10.9. The summed E-state index contributed by atoms with van der Waals surface area (Å²) >= 11 is 0. The molecule has 0 saturated carbocycles. The molecule has 1 aromatic carbocycles. The van der Waals surface area contributed by atoms with Crippen LogP contribution in [0, 0.1) is 0 Å². The van der Waals surface area contributed by atoms with Crippen molar-refractivity contribution in [3.05, 3.63) is 35.9 Å². The van der Waals surface area contributed by atoms with E-state index in [9.17, 15) is 4.79 Å². The standard InChI is InChI=1S/C10H13NO/c1-8(12)10(11)7-9-5-3-2-4-6-9/h2-6,10H,7,11H2,1H3/p+1/t10-/m0/s1. The Bertz CT molecular complexity index is 256. The van der Waals surface area contributed by atoms with Gasteiger partial charge >= 0.3 is 0 Å². The van der Waals surface area contributed by atoms with Crippen LogP contribution in [-0.4, -0.2) is 11.8 Å². The van der Waals surface area contributed by atoms with Crippen molar-refractivity contribution < 1.29 is 10.5 Å². The Hall–Kier alpha value is -1.15. The number of ketones is 1. The SMILES string of the molecule is CC(=O)[C@@H]([NH3+])Cc1ccccc1. The third kappa shape index (κ3) is 2.47. The van der Waals surface area contributed by atoms with Gasteiger partial charge in [-0.2, -0.15) is 0 Å². The van der Waals surface area contributed by atoms with Crippen LogP contribution in [0.25, 0.3) is 0 Å². The average Bonchev–Trinajstić information content (AvgIpc) is 2.06. The Morgan fingerprint density at radius 3 is 2.50 bits per heavy atom. The predicted molar refractivity (Wildman–Crippen MR) is 47.5 cm³/mol. The Morgan fingerprint density at radius 2 is 2.00 bits per heavy atom. The number of hydrogen-bond acceptors (Lipinski definition) is 1. The van der Waals surface area contributed by atoms with Crippen LogP contribution in [0.4, 0.5) is 0 Å². The highest BCUT2D eigenvalue weighted by atomic mass is 16.1. The van der Waals surface area contributed by atoms with Crippen LogP contribution in [0.2, 0.25) is 0 Å². The van der Waals surface area contributed by atoms with Gasteiger partial charge in [0.25, 0.3) is 0 Å². The monoisotopic (exact) mass is 164 g/mol. The second-order valence-corrected chi connectivity index (χ2v) is 3.00. The molecule has 0 aromatic heterocycles. The van der Waals surface area contributed by atoms with Gasteiger partial charge in [-0.05, 0) is 5.56 Å². The van der Waals surface area contributed by atoms with Crippen molar-refractivity contribution >= 4 is 5.78 Å². The molecule has 1 aromatic rings. The molecule has 0 saturated heterocycles. The first-order valence-corrected chi connectivity index (χ1v) is 4.07. The fraction of sp³-hybridized carbons (Fsp3) is 0.300. The molecule has 0 bridgehead atoms. The van der Waals surface area contributed by atoms with E-state index in [0.29, 0.717) is 0 Å². The Labute approximate surface area is 72.4 Å². The number of carbonyl (C=O) groups excluding carboxylic acids is 1. The van der Waals surface area contributed by atoms with Crippen molar-refractivity contribution in [1.29, 1.82) is 0 Å². The summed E-state index contributed by atoms with van der Waals surface area (Å²) in [5.74, 6) is 0.152. The molecule has 0 radical (unpaired) electrons. The number of carbonyl (C=O) groups is 1. The molecule has 1 atom stereocenters. The van der Waals surface area contributed by atoms with E-state index in [-0.39, 0.29) is 11.8 Å². The van der Waals surface area contributed by atoms with E-state index in [1.165, 1.54) is 5.56 Å². The lowest BCUT2D eigenvalue weighted by Crippen LogP contribution is -2.65. The van der Waals surface area contributed by atoms with Crippen molar-refractivity contribution in [2.24, 2.45) is 0 Å². The Balaban J connectivity index is 2.58. The Kier molecular flexibility index (Phi) is 3.00. The molecule has 3 N–H and O–H groups in total. The number of benzene rings is 1. The minimum atomic E-state index is -0.104. The number of Topliss-reactive ketones (excluding diaryl/α,β-unsaturated/α-hetero) is 1. The zero-order chi connectivity index (χ0) is 8.97. The van der Waals surface area contributed by atoms with Crippen LogP contribution in [0.1, 0.15) is 12.5 Å². The van der Waals surface area contributed by atoms with Crippen LogP contribution in [0.3, 0.4) is 0 Å². The van der Waals surface area contributed by atoms with E-state index in [4.69, 9.17) is 0 Å². The molecule has 0 heterocycles. The minimum absolute atomic E-state index is 0.104. The minimum Gasteiger partial charge on any atom is -0.349 e. The molecule has 0 spiro atoms. The predicted octanol–water partition coefficient (Wildman–Crippen LogP) is 0.429. The van der Waals surface area contributed by atoms with E-state index in [0.717, 1.165) is 6.42 Å². The van der Waals surface area contributed by atoms with Gasteiger partial charge in [0, 0.05) is 13.3 Å². The first-order chi connectivity index (χ1) is 5.70. The largest absolute Gasteiger partial charge is 0.349 e. The third-order valence-corrected chi connectivity index (χ3v) is 1.90. The second kappa shape index (κ2) is 4.02. The van der Waals surface area contributed by atoms with Crippen LogP contribution in [0.5, 0.6) is 0 Å². The highest BCUT2D eigenvalue weighted by molar-refractivity contribution is 5.80. The van der Waals surface area contributed by atoms with Gasteiger partial charge in [0.05, 0.1) is 0 Å². The van der Waals surface area contributed by atoms with Crippen molar-refractivity contribution in [3.8, 4) is 0 Å². The van der Waals surface area contributed by atoms with Crippen LogP contribution < -0.4 is 5.73 Å². The van der Waals surface area contributed by atoms with E-state index in [1.54, 1.807) is 6.92 Å². The molecule has 0 aliphatic rings. The lowest BCUT2D eigenvalue weighted by Gasteiger charge is -2.03. The summed E-state index contributed by atoms with van der Waals surface area (Å²) in [7, 11) is 0. The molecule has 0 unspecified atom stereocenters. The van der Waals surface area contributed by atoms with Crippen LogP contribution >= 0.6 is 0 Å². The maximum Gasteiger partial charge on any atom is 0.187 e. The molecule has 0 aliphatic carbocycles. The van der Waals surface area contributed by atoms with Gasteiger partial charge in [0.1, 0.15) is 6.04 Å². The maximum atomic E-state index is 10.9. The first kappa shape index (κ1) is 8.94. The van der Waals surface area contributed by atoms with Gasteiger partial charge in [-0.25, -0.2) is 0 Å². The molecular weight excluding hydrogens is 150 g/mol. The van der Waals surface area contributed by atoms with Gasteiger partial charge in [-0.15, -0.1) is 0 Å². The van der Waals surface area contributed by atoms with Crippen LogP contribution in [-0.2, 0) is 11.2 Å². The molecule has 1 rings (SSSR count). The molecule has 0 fully saturated rings. The van der Waals surface area contributed by atoms with Gasteiger partial charge < -0.3 is 5.73 Å². The number of rotatable bonds is 3. The van der Waals surface area contributed by atoms with Crippen molar-refractivity contribution in [3.63, 3.8) is 0 Å². The molecule has 2 heteroatoms. The summed E-state index contributed by atoms with van der Waals surface area (Å²) < 4.78 is 0. The summed E-state index contributed by atoms with van der Waals surface area (Å²) in [6, 6.07) is 9.84. The second-order valence-electron chi connectivity index (χ2n) is 3.00. The Morgan fingerprint density at radius 1 is 1.42 bits per heavy atom. The van der Waals surface area contributed by atoms with Crippen LogP contribution in [0.15, 0.2) is 30.3 Å². The summed E-state index contributed by atoms with van der Waals surface area (Å²) in [4.78, 5) is 10.9. The first-order valence-electron chi connectivity index (χ1n) is 4.07. The molecular formula is C10H14NO+. The fourth-order valence-electron chi connectivity index (χ4n) is 1.04. The summed E-state index contributed by atoms with van der Waals surface area (Å²) in [6.07, 6.45) is 0.746. The molecule has 2 nitrogen and oxygen atoms in total. The van der Waals surface area contributed by atoms with E-state index in [2.05, 4.69) is 5.73 Å². The molecule has 12 heavy (non-hydrogen) atoms. The van der Waals surface area contributed by atoms with Gasteiger partial charge in [-0.3, -0.25) is 4.79 Å². The highest BCUT2D eigenvalue weighted by Gasteiger charge is 2.11. The van der Waals surface area contributed by atoms with Gasteiger partial charge in [0.15, 0.2) is 5.78 Å². The highest BCUT2D eigenvalue weighted by Crippen LogP contribution is 2.00. The van der Waals surface area contributed by atoms with Crippen molar-refractivity contribution in [2.45, 2.75) is 19.4 Å². The average molecular weight is 164 g/mol. The van der Waals surface area contributed by atoms with E-state index in [1.807, 2.05) is 30.3 Å². The summed E-state index contributed by atoms with van der Waals surface area (Å²) in [6.45, 7) is 1.58. The number of hydrogen-bond donors (Lipinski definition) is 1. The number of quaternary nitrogens is 1. The molecule has 0 amide bonds. The fourth-order valence-corrected chi connectivity index (χ4v) is 1.04. The van der Waals surface area contributed by atoms with E-state index >= 15 is 0 Å². The molecule has 64 valence electrons. The van der Waals surface area contributed by atoms with Crippen molar-refractivity contribution in [1.82, 2.24) is 0 Å². The summed E-state index contributed by atoms with van der Waals surface area (Å²) in [5.41, 5.74) is 4.96. The normalized spacial score (nSPS) is 12.5. The smallest absolute Gasteiger partial charge is 0.187 e.